The lowest BCUT2D eigenvalue weighted by atomic mass is 10.1. The summed E-state index contributed by atoms with van der Waals surface area (Å²) >= 11 is 0. The molecule has 8 heteroatoms. The topological polar surface area (TPSA) is 84.9 Å². The van der Waals surface area contributed by atoms with Gasteiger partial charge < -0.3 is 19.3 Å². The summed E-state index contributed by atoms with van der Waals surface area (Å²) in [6, 6.07) is 9.93. The van der Waals surface area contributed by atoms with Crippen LogP contribution in [0.2, 0.25) is 0 Å². The zero-order valence-electron chi connectivity index (χ0n) is 17.1. The molecule has 158 valence electrons. The third-order valence-electron chi connectivity index (χ3n) is 5.54. The molecule has 4 rings (SSSR count). The summed E-state index contributed by atoms with van der Waals surface area (Å²) in [5, 5.41) is 0. The Morgan fingerprint density at radius 1 is 1.17 bits per heavy atom. The molecule has 0 bridgehead atoms. The van der Waals surface area contributed by atoms with Gasteiger partial charge in [-0.25, -0.2) is 9.78 Å². The van der Waals surface area contributed by atoms with Gasteiger partial charge in [-0.15, -0.1) is 0 Å². The van der Waals surface area contributed by atoms with E-state index in [1.807, 2.05) is 37.3 Å². The highest BCUT2D eigenvalue weighted by Crippen LogP contribution is 2.21. The fraction of sp³-hybridized carbons (Fsp3) is 0.455. The van der Waals surface area contributed by atoms with E-state index in [1.54, 1.807) is 16.0 Å². The first kappa shape index (κ1) is 20.1. The highest BCUT2D eigenvalue weighted by atomic mass is 16.6. The maximum absolute atomic E-state index is 12.3. The lowest BCUT2D eigenvalue weighted by molar-refractivity contribution is 0.0608. The minimum Gasteiger partial charge on any atom is -0.460 e. The van der Waals surface area contributed by atoms with Crippen molar-refractivity contribution >= 4 is 12.0 Å². The number of rotatable bonds is 5. The van der Waals surface area contributed by atoms with Gasteiger partial charge in [-0.05, 0) is 12.5 Å². The summed E-state index contributed by atoms with van der Waals surface area (Å²) < 4.78 is 11.3. The predicted octanol–water partition coefficient (Wildman–Crippen LogP) is 2.67. The van der Waals surface area contributed by atoms with Crippen LogP contribution >= 0.6 is 0 Å². The first-order chi connectivity index (χ1) is 14.6. The molecular weight excluding hydrogens is 384 g/mol. The highest BCUT2D eigenvalue weighted by molar-refractivity contribution is 5.96. The van der Waals surface area contributed by atoms with Gasteiger partial charge >= 0.3 is 12.1 Å². The van der Waals surface area contributed by atoms with Crippen LogP contribution in [-0.2, 0) is 17.8 Å². The van der Waals surface area contributed by atoms with Crippen LogP contribution < -0.4 is 4.74 Å². The standard InChI is InChI=1S/C22H26N4O4/c1-2-25-13-10-19-18(20(25)27)14-23-21(24-19)30-17-8-11-26(12-9-17)22(28)29-15-16-6-4-3-5-7-16/h3-7,14,17H,2,8-13,15H2,1H3. The van der Waals surface area contributed by atoms with Crippen LogP contribution in [0.15, 0.2) is 36.5 Å². The molecule has 1 saturated heterocycles. The molecule has 2 aliphatic heterocycles. The van der Waals surface area contributed by atoms with Crippen molar-refractivity contribution in [3.63, 3.8) is 0 Å². The maximum Gasteiger partial charge on any atom is 0.410 e. The molecular formula is C22H26N4O4. The van der Waals surface area contributed by atoms with E-state index in [1.165, 1.54) is 0 Å². The van der Waals surface area contributed by atoms with E-state index >= 15 is 0 Å². The lowest BCUT2D eigenvalue weighted by Gasteiger charge is -2.31. The number of benzene rings is 1. The fourth-order valence-electron chi connectivity index (χ4n) is 3.76. The van der Waals surface area contributed by atoms with Gasteiger partial charge in [0.1, 0.15) is 12.7 Å². The lowest BCUT2D eigenvalue weighted by Crippen LogP contribution is -2.42. The molecule has 2 aromatic rings. The summed E-state index contributed by atoms with van der Waals surface area (Å²) in [7, 11) is 0. The zero-order valence-corrected chi connectivity index (χ0v) is 17.1. The summed E-state index contributed by atoms with van der Waals surface area (Å²) in [5.41, 5.74) is 2.28. The predicted molar refractivity (Wildman–Crippen MR) is 109 cm³/mol. The SMILES string of the molecule is CCN1CCc2nc(OC3CCN(C(=O)OCc4ccccc4)CC3)ncc2C1=O. The Kier molecular flexibility index (Phi) is 6.11. The molecule has 2 amide bonds. The molecule has 0 radical (unpaired) electrons. The third-order valence-corrected chi connectivity index (χ3v) is 5.54. The van der Waals surface area contributed by atoms with Gasteiger partial charge in [0, 0.05) is 51.6 Å². The number of carbonyl (C=O) groups is 2. The quantitative estimate of drug-likeness (QED) is 0.754. The molecule has 0 N–H and O–H groups in total. The molecule has 1 fully saturated rings. The van der Waals surface area contributed by atoms with E-state index in [-0.39, 0.29) is 24.7 Å². The first-order valence-electron chi connectivity index (χ1n) is 10.4. The summed E-state index contributed by atoms with van der Waals surface area (Å²) in [6.45, 7) is 4.71. The Balaban J connectivity index is 1.27. The van der Waals surface area contributed by atoms with Crippen LogP contribution in [-0.4, -0.2) is 64.1 Å². The number of amides is 2. The monoisotopic (exact) mass is 410 g/mol. The van der Waals surface area contributed by atoms with E-state index in [9.17, 15) is 9.59 Å². The van der Waals surface area contributed by atoms with Gasteiger partial charge in [0.2, 0.25) is 0 Å². The van der Waals surface area contributed by atoms with Crippen LogP contribution in [0.4, 0.5) is 4.79 Å². The van der Waals surface area contributed by atoms with E-state index in [4.69, 9.17) is 9.47 Å². The van der Waals surface area contributed by atoms with Crippen LogP contribution in [0.3, 0.4) is 0 Å². The number of ether oxygens (including phenoxy) is 2. The fourth-order valence-corrected chi connectivity index (χ4v) is 3.76. The summed E-state index contributed by atoms with van der Waals surface area (Å²) in [5.74, 6) is -0.0207. The molecule has 0 unspecified atom stereocenters. The van der Waals surface area contributed by atoms with Crippen molar-refractivity contribution in [2.75, 3.05) is 26.2 Å². The third kappa shape index (κ3) is 4.53. The molecule has 3 heterocycles. The number of nitrogens with zero attached hydrogens (tertiary/aromatic N) is 4. The number of hydrogen-bond donors (Lipinski definition) is 0. The normalized spacial score (nSPS) is 16.9. The minimum absolute atomic E-state index is 0.0207. The Morgan fingerprint density at radius 2 is 1.93 bits per heavy atom. The molecule has 0 saturated carbocycles. The number of piperidine rings is 1. The van der Waals surface area contributed by atoms with Gasteiger partial charge in [-0.2, -0.15) is 4.98 Å². The van der Waals surface area contributed by atoms with Crippen LogP contribution in [0, 0.1) is 0 Å². The Bertz CT molecular complexity index is 897. The number of fused-ring (bicyclic) bond motifs is 1. The molecule has 2 aliphatic rings. The van der Waals surface area contributed by atoms with Crippen LogP contribution in [0.5, 0.6) is 6.01 Å². The average molecular weight is 410 g/mol. The smallest absolute Gasteiger partial charge is 0.410 e. The zero-order chi connectivity index (χ0) is 20.9. The van der Waals surface area contributed by atoms with Crippen molar-refractivity contribution in [2.24, 2.45) is 0 Å². The number of hydrogen-bond acceptors (Lipinski definition) is 6. The van der Waals surface area contributed by atoms with Gasteiger partial charge in [-0.1, -0.05) is 30.3 Å². The number of likely N-dealkylation sites (tertiary alicyclic amines) is 1. The number of aromatic nitrogens is 2. The van der Waals surface area contributed by atoms with Crippen molar-refractivity contribution in [3.8, 4) is 6.01 Å². The van der Waals surface area contributed by atoms with Crippen LogP contribution in [0.1, 0.15) is 41.4 Å². The summed E-state index contributed by atoms with van der Waals surface area (Å²) in [6.07, 6.45) is 3.28. The van der Waals surface area contributed by atoms with Crippen molar-refractivity contribution < 1.29 is 19.1 Å². The first-order valence-corrected chi connectivity index (χ1v) is 10.4. The van der Waals surface area contributed by atoms with E-state index in [0.717, 1.165) is 11.3 Å². The molecule has 0 aliphatic carbocycles. The van der Waals surface area contributed by atoms with E-state index in [0.29, 0.717) is 57.0 Å². The Morgan fingerprint density at radius 3 is 2.67 bits per heavy atom. The van der Waals surface area contributed by atoms with Crippen molar-refractivity contribution in [1.82, 2.24) is 19.8 Å². The molecule has 1 aromatic heterocycles. The second-order valence-corrected chi connectivity index (χ2v) is 7.49. The largest absolute Gasteiger partial charge is 0.460 e. The van der Waals surface area contributed by atoms with Gasteiger partial charge in [0.05, 0.1) is 11.3 Å². The average Bonchev–Trinajstić information content (AvgIpc) is 2.79. The minimum atomic E-state index is -0.304. The molecule has 8 nitrogen and oxygen atoms in total. The van der Waals surface area contributed by atoms with E-state index < -0.39 is 0 Å². The maximum atomic E-state index is 12.3. The highest BCUT2D eigenvalue weighted by Gasteiger charge is 2.28. The Hall–Kier alpha value is -3.16. The number of carbonyl (C=O) groups excluding carboxylic acids is 2. The van der Waals surface area contributed by atoms with Crippen molar-refractivity contribution in [2.45, 2.75) is 38.9 Å². The summed E-state index contributed by atoms with van der Waals surface area (Å²) in [4.78, 5) is 36.8. The second kappa shape index (κ2) is 9.11. The second-order valence-electron chi connectivity index (χ2n) is 7.49. The van der Waals surface area contributed by atoms with Crippen molar-refractivity contribution in [1.29, 1.82) is 0 Å². The Labute approximate surface area is 175 Å². The van der Waals surface area contributed by atoms with Crippen LogP contribution in [0.25, 0.3) is 0 Å². The molecule has 0 atom stereocenters. The molecule has 0 spiro atoms. The molecule has 1 aromatic carbocycles. The van der Waals surface area contributed by atoms with Crippen molar-refractivity contribution in [3.05, 3.63) is 53.3 Å². The molecule has 30 heavy (non-hydrogen) atoms. The van der Waals surface area contributed by atoms with Gasteiger partial charge in [0.15, 0.2) is 0 Å². The van der Waals surface area contributed by atoms with E-state index in [2.05, 4.69) is 9.97 Å². The number of likely N-dealkylation sites (N-methyl/N-ethyl adjacent to an activating group) is 1. The van der Waals surface area contributed by atoms with Gasteiger partial charge in [0.25, 0.3) is 5.91 Å². The van der Waals surface area contributed by atoms with Gasteiger partial charge in [-0.3, -0.25) is 4.79 Å².